The molecule has 3 heterocycles. The van der Waals surface area contributed by atoms with Gasteiger partial charge in [-0.25, -0.2) is 4.68 Å². The number of primary amides is 1. The molecule has 1 aliphatic heterocycles. The molecule has 2 aromatic heterocycles. The SMILES string of the molecule is CNC(=O)c1c(C(N)=O)nn2c1C(C)COc1ccc(C#C[C@@](C)(O)c3cc(C)on3)cc1-2. The van der Waals surface area contributed by atoms with E-state index in [-0.39, 0.29) is 23.8 Å². The van der Waals surface area contributed by atoms with Crippen molar-refractivity contribution in [3.05, 3.63) is 58.2 Å². The highest BCUT2D eigenvalue weighted by Gasteiger charge is 2.33. The number of aromatic nitrogens is 3. The first-order chi connectivity index (χ1) is 15.6. The lowest BCUT2D eigenvalue weighted by Crippen LogP contribution is -2.25. The van der Waals surface area contributed by atoms with E-state index in [0.717, 1.165) is 0 Å². The molecule has 0 fully saturated rings. The first-order valence-corrected chi connectivity index (χ1v) is 10.2. The lowest BCUT2D eigenvalue weighted by atomic mass is 10.0. The average molecular weight is 449 g/mol. The third-order valence-corrected chi connectivity index (χ3v) is 5.33. The van der Waals surface area contributed by atoms with Gasteiger partial charge in [-0.15, -0.1) is 0 Å². The van der Waals surface area contributed by atoms with Gasteiger partial charge in [-0.2, -0.15) is 5.10 Å². The molecule has 2 atom stereocenters. The summed E-state index contributed by atoms with van der Waals surface area (Å²) in [6.45, 7) is 5.38. The number of nitrogens with zero attached hydrogens (tertiary/aromatic N) is 3. The molecule has 10 heteroatoms. The first kappa shape index (κ1) is 22.1. The van der Waals surface area contributed by atoms with E-state index < -0.39 is 17.4 Å². The maximum atomic E-state index is 12.6. The quantitative estimate of drug-likeness (QED) is 0.512. The van der Waals surface area contributed by atoms with Crippen LogP contribution in [-0.4, -0.2) is 45.5 Å². The number of hydrogen-bond acceptors (Lipinski definition) is 7. The number of aryl methyl sites for hydroxylation is 1. The van der Waals surface area contributed by atoms with Gasteiger partial charge in [0.2, 0.25) is 0 Å². The Labute approximate surface area is 189 Å². The van der Waals surface area contributed by atoms with Crippen molar-refractivity contribution in [1.29, 1.82) is 0 Å². The van der Waals surface area contributed by atoms with E-state index >= 15 is 0 Å². The fourth-order valence-corrected chi connectivity index (χ4v) is 3.62. The standard InChI is InChI=1S/C23H23N5O5/c1-12-11-32-16-6-5-14(7-8-23(3,31)17-9-13(2)33-27-17)10-15(16)28-20(12)18(22(30)25-4)19(26-28)21(24)29/h5-6,9-10,12,31H,11H2,1-4H3,(H2,24,29)(H,25,30)/t12?,23-/m1/s1. The van der Waals surface area contributed by atoms with Crippen molar-refractivity contribution >= 4 is 11.8 Å². The van der Waals surface area contributed by atoms with Crippen LogP contribution in [0.5, 0.6) is 5.75 Å². The second-order valence-corrected chi connectivity index (χ2v) is 8.00. The smallest absolute Gasteiger partial charge is 0.270 e. The molecule has 33 heavy (non-hydrogen) atoms. The van der Waals surface area contributed by atoms with E-state index in [9.17, 15) is 14.7 Å². The molecule has 2 amide bonds. The van der Waals surface area contributed by atoms with Crippen molar-refractivity contribution in [2.45, 2.75) is 32.3 Å². The Hall–Kier alpha value is -4.10. The summed E-state index contributed by atoms with van der Waals surface area (Å²) in [4.78, 5) is 24.6. The van der Waals surface area contributed by atoms with Crippen LogP contribution in [0.4, 0.5) is 0 Å². The van der Waals surface area contributed by atoms with Crippen molar-refractivity contribution in [3.63, 3.8) is 0 Å². The van der Waals surface area contributed by atoms with Crippen LogP contribution in [0.2, 0.25) is 0 Å². The summed E-state index contributed by atoms with van der Waals surface area (Å²) in [5, 5.41) is 21.4. The van der Waals surface area contributed by atoms with Gasteiger partial charge in [-0.05, 0) is 32.0 Å². The van der Waals surface area contributed by atoms with Crippen molar-refractivity contribution < 1.29 is 24.0 Å². The predicted octanol–water partition coefficient (Wildman–Crippen LogP) is 1.38. The predicted molar refractivity (Wildman–Crippen MR) is 117 cm³/mol. The highest BCUT2D eigenvalue weighted by Crippen LogP contribution is 2.35. The molecule has 0 saturated carbocycles. The Bertz CT molecular complexity index is 1320. The van der Waals surface area contributed by atoms with E-state index in [1.54, 1.807) is 31.2 Å². The molecule has 1 aliphatic rings. The number of nitrogens with one attached hydrogen (secondary N) is 1. The van der Waals surface area contributed by atoms with Crippen LogP contribution in [0.3, 0.4) is 0 Å². The van der Waals surface area contributed by atoms with E-state index in [4.69, 9.17) is 15.0 Å². The van der Waals surface area contributed by atoms with Gasteiger partial charge >= 0.3 is 0 Å². The topological polar surface area (TPSA) is 146 Å². The summed E-state index contributed by atoms with van der Waals surface area (Å²) in [7, 11) is 1.47. The van der Waals surface area contributed by atoms with Crippen LogP contribution < -0.4 is 15.8 Å². The molecule has 0 saturated heterocycles. The van der Waals surface area contributed by atoms with Crippen molar-refractivity contribution in [3.8, 4) is 23.3 Å². The van der Waals surface area contributed by atoms with Gasteiger partial charge in [0.25, 0.3) is 11.8 Å². The van der Waals surface area contributed by atoms with Crippen LogP contribution in [0.1, 0.15) is 63.3 Å². The zero-order valence-electron chi connectivity index (χ0n) is 18.6. The summed E-state index contributed by atoms with van der Waals surface area (Å²) in [6, 6.07) is 6.78. The molecule has 4 rings (SSSR count). The third-order valence-electron chi connectivity index (χ3n) is 5.33. The Morgan fingerprint density at radius 3 is 2.76 bits per heavy atom. The number of benzene rings is 1. The largest absolute Gasteiger partial charge is 0.491 e. The zero-order valence-corrected chi connectivity index (χ0v) is 18.6. The third kappa shape index (κ3) is 3.94. The van der Waals surface area contributed by atoms with E-state index in [0.29, 0.717) is 34.1 Å². The molecule has 0 bridgehead atoms. The Balaban J connectivity index is 1.84. The summed E-state index contributed by atoms with van der Waals surface area (Å²) < 4.78 is 12.4. The molecule has 1 aromatic carbocycles. The van der Waals surface area contributed by atoms with E-state index in [1.165, 1.54) is 18.7 Å². The van der Waals surface area contributed by atoms with Gasteiger partial charge in [-0.3, -0.25) is 9.59 Å². The molecule has 0 aliphatic carbocycles. The normalized spacial score (nSPS) is 16.2. The second kappa shape index (κ2) is 8.11. The van der Waals surface area contributed by atoms with Crippen LogP contribution in [0, 0.1) is 18.8 Å². The Kier molecular flexibility index (Phi) is 5.43. The van der Waals surface area contributed by atoms with E-state index in [1.807, 2.05) is 6.92 Å². The number of rotatable bonds is 3. The molecule has 4 N–H and O–H groups in total. The average Bonchev–Trinajstić information content (AvgIpc) is 3.37. The lowest BCUT2D eigenvalue weighted by Gasteiger charge is -2.12. The highest BCUT2D eigenvalue weighted by atomic mass is 16.5. The fraction of sp³-hybridized carbons (Fsp3) is 0.304. The molecule has 0 radical (unpaired) electrons. The number of amides is 2. The minimum atomic E-state index is -1.53. The van der Waals surface area contributed by atoms with E-state index in [2.05, 4.69) is 27.4 Å². The fourth-order valence-electron chi connectivity index (χ4n) is 3.62. The molecular formula is C23H23N5O5. The summed E-state index contributed by atoms with van der Waals surface area (Å²) >= 11 is 0. The molecule has 0 spiro atoms. The Morgan fingerprint density at radius 2 is 2.12 bits per heavy atom. The molecule has 10 nitrogen and oxygen atoms in total. The minimum Gasteiger partial charge on any atom is -0.491 e. The van der Waals surface area contributed by atoms with Gasteiger partial charge in [0.1, 0.15) is 22.9 Å². The molecule has 3 aromatic rings. The van der Waals surface area contributed by atoms with Gasteiger partial charge in [0.15, 0.2) is 11.3 Å². The molecule has 1 unspecified atom stereocenters. The minimum absolute atomic E-state index is 0.120. The van der Waals surface area contributed by atoms with Crippen molar-refractivity contribution in [2.24, 2.45) is 5.73 Å². The lowest BCUT2D eigenvalue weighted by molar-refractivity contribution is 0.0941. The number of fused-ring (bicyclic) bond motifs is 3. The van der Waals surface area contributed by atoms with Gasteiger partial charge < -0.3 is 25.4 Å². The maximum Gasteiger partial charge on any atom is 0.270 e. The van der Waals surface area contributed by atoms with Crippen LogP contribution >= 0.6 is 0 Å². The number of ether oxygens (including phenoxy) is 1. The first-order valence-electron chi connectivity index (χ1n) is 10.2. The van der Waals surface area contributed by atoms with Crippen LogP contribution in [0.25, 0.3) is 5.69 Å². The van der Waals surface area contributed by atoms with Gasteiger partial charge in [-0.1, -0.05) is 23.9 Å². The van der Waals surface area contributed by atoms with Crippen LogP contribution in [0.15, 0.2) is 28.8 Å². The maximum absolute atomic E-state index is 12.6. The second-order valence-electron chi connectivity index (χ2n) is 8.00. The number of hydrogen-bond donors (Lipinski definition) is 3. The van der Waals surface area contributed by atoms with Crippen molar-refractivity contribution in [1.82, 2.24) is 20.3 Å². The summed E-state index contributed by atoms with van der Waals surface area (Å²) in [6.07, 6.45) is 0. The van der Waals surface area contributed by atoms with Crippen LogP contribution in [-0.2, 0) is 5.60 Å². The number of carbonyl (C=O) groups excluding carboxylic acids is 2. The van der Waals surface area contributed by atoms with Gasteiger partial charge in [0.05, 0.1) is 17.9 Å². The number of nitrogens with two attached hydrogens (primary N) is 1. The Morgan fingerprint density at radius 1 is 1.36 bits per heavy atom. The van der Waals surface area contributed by atoms with Gasteiger partial charge in [0, 0.05) is 24.6 Å². The summed E-state index contributed by atoms with van der Waals surface area (Å²) in [5.74, 6) is 5.28. The highest BCUT2D eigenvalue weighted by molar-refractivity contribution is 6.06. The number of carbonyl (C=O) groups is 2. The monoisotopic (exact) mass is 449 g/mol. The number of aliphatic hydroxyl groups is 1. The zero-order chi connectivity index (χ0) is 23.9. The van der Waals surface area contributed by atoms with Crippen molar-refractivity contribution in [2.75, 3.05) is 13.7 Å². The molecular weight excluding hydrogens is 426 g/mol. The molecule has 170 valence electrons. The summed E-state index contributed by atoms with van der Waals surface area (Å²) in [5.41, 5.74) is 5.85.